The fourth-order valence-electron chi connectivity index (χ4n) is 0. The number of hydrogen-bond donors (Lipinski definition) is 0. The Morgan fingerprint density at radius 1 is 0.625 bits per heavy atom. The summed E-state index contributed by atoms with van der Waals surface area (Å²) in [5.74, 6) is 0. The van der Waals surface area contributed by atoms with Crippen LogP contribution in [0.1, 0.15) is 0 Å². The molecule has 0 bridgehead atoms. The molecule has 14 nitrogen and oxygen atoms in total. The Bertz CT molecular complexity index is 179. The predicted octanol–water partition coefficient (Wildman–Crippen LogP) is -3.95. The summed E-state index contributed by atoms with van der Waals surface area (Å²) in [5.41, 5.74) is 0. The first kappa shape index (κ1) is 29.7. The summed E-state index contributed by atoms with van der Waals surface area (Å²) in [4.78, 5) is 24.8. The first-order chi connectivity index (χ1) is 6.61. The Balaban J connectivity index is -0.0000000331. The molecule has 16 heteroatoms. The Labute approximate surface area is 143 Å². The molecule has 0 rings (SSSR count). The van der Waals surface area contributed by atoms with Crippen LogP contribution in [0.25, 0.3) is 0 Å². The van der Waals surface area contributed by atoms with Gasteiger partial charge in [-0.1, -0.05) is 0 Å². The van der Waals surface area contributed by atoms with Gasteiger partial charge in [0.25, 0.3) is 0 Å². The molecule has 16 heavy (non-hydrogen) atoms. The predicted molar refractivity (Wildman–Crippen MR) is 32.5 cm³/mol. The van der Waals surface area contributed by atoms with Crippen molar-refractivity contribution in [2.75, 3.05) is 0 Å². The number of rotatable bonds is 0. The van der Waals surface area contributed by atoms with E-state index in [0.29, 0.717) is 0 Å². The molecule has 0 aromatic carbocycles. The maximum absolute atomic E-state index is 8.58. The maximum atomic E-state index is 8.58. The van der Waals surface area contributed by atoms with Crippen LogP contribution in [0.5, 0.6) is 0 Å². The van der Waals surface area contributed by atoms with Gasteiger partial charge in [-0.05, 0) is 0 Å². The molecule has 0 aromatic rings. The summed E-state index contributed by atoms with van der Waals surface area (Å²) in [5, 5.41) is 44.2. The zero-order chi connectivity index (χ0) is 13.4. The molecule has 0 saturated carbocycles. The van der Waals surface area contributed by atoms with Crippen LogP contribution in [-0.2, 0) is 4.47 Å². The van der Waals surface area contributed by atoms with E-state index in [1.54, 1.807) is 0 Å². The van der Waals surface area contributed by atoms with Crippen molar-refractivity contribution in [1.29, 1.82) is 0 Å². The molecule has 0 aliphatic heterocycles. The van der Waals surface area contributed by atoms with E-state index >= 15 is 0 Å². The van der Waals surface area contributed by atoms with Gasteiger partial charge in [-0.2, -0.15) is 0 Å². The molecular weight excluding hydrogens is 495 g/mol. The van der Waals surface area contributed by atoms with Gasteiger partial charge in [0.1, 0.15) is 0 Å². The fourth-order valence-corrected chi connectivity index (χ4v) is 0. The van der Waals surface area contributed by atoms with Crippen molar-refractivity contribution in [2.45, 2.75) is 0 Å². The molecule has 0 fully saturated rings. The molecule has 0 N–H and O–H groups in total. The molecule has 0 aromatic heterocycles. The van der Waals surface area contributed by atoms with E-state index in [1.807, 2.05) is 0 Å². The van der Waals surface area contributed by atoms with E-state index in [9.17, 15) is 0 Å². The van der Waals surface area contributed by atoms with Crippen molar-refractivity contribution in [3.63, 3.8) is 0 Å². The van der Waals surface area contributed by atoms with E-state index in [-0.39, 0.29) is 51.4 Å². The molecule has 0 radical (unpaired) electrons. The quantitative estimate of drug-likeness (QED) is 0.179. The average molecular weight is 495 g/mol. The molecule has 0 unspecified atom stereocenters. The summed E-state index contributed by atoms with van der Waals surface area (Å²) in [6, 6.07) is 0. The molecule has 0 aliphatic rings. The van der Waals surface area contributed by atoms with Gasteiger partial charge in [0.05, 0.1) is 15.3 Å². The normalized spacial score (nSPS) is 5.00. The monoisotopic (exact) mass is 495 g/mol. The second-order valence-corrected chi connectivity index (χ2v) is 1.45. The van der Waals surface area contributed by atoms with Crippen LogP contribution >= 0.6 is 0 Å². The summed E-state index contributed by atoms with van der Waals surface area (Å²) >= 11 is -2.51. The zero-order valence-corrected chi connectivity index (χ0v) is 14.6. The molecule has 0 aliphatic carbocycles. The minimum atomic E-state index is -2.51. The molecule has 0 heterocycles. The van der Waals surface area contributed by atoms with Gasteiger partial charge >= 0.3 is 83.7 Å². The van der Waals surface area contributed by atoms with Crippen LogP contribution in [0.2, 0.25) is 0 Å². The van der Waals surface area contributed by atoms with Gasteiger partial charge in [-0.25, -0.2) is 0 Å². The van der Waals surface area contributed by atoms with E-state index < -0.39 is 43.1 Å². The van der Waals surface area contributed by atoms with Gasteiger partial charge in [0.15, 0.2) is 0 Å². The van der Waals surface area contributed by atoms with Crippen molar-refractivity contribution >= 4 is 0 Å². The fraction of sp³-hybridized carbons (Fsp3) is 0. The van der Waals surface area contributed by atoms with Gasteiger partial charge in [0.2, 0.25) is 0 Å². The third-order valence-corrected chi connectivity index (χ3v) is 0. The third kappa shape index (κ3) is 185000. The van der Waals surface area contributed by atoms with E-state index in [2.05, 4.69) is 0 Å². The van der Waals surface area contributed by atoms with Gasteiger partial charge < -0.3 is 46.0 Å². The Kier molecular flexibility index (Phi) is 54.5. The van der Waals surface area contributed by atoms with Crippen molar-refractivity contribution in [3.8, 4) is 0 Å². The van der Waals surface area contributed by atoms with Crippen molar-refractivity contribution in [2.24, 2.45) is 0 Å². The Morgan fingerprint density at radius 2 is 0.625 bits per heavy atom. The molecule has 0 spiro atoms. The SMILES string of the molecule is O=[N+]([O-])[O-].O=[N+]([O-])[O-].O=[N+]([O-])[O-].[K+].[O]=[U+2]=[O]. The summed E-state index contributed by atoms with van der Waals surface area (Å²) < 4.78 is 17.2. The minimum absolute atomic E-state index is 0. The second-order valence-electron chi connectivity index (χ2n) is 0.754. The second kappa shape index (κ2) is 29.4. The first-order valence-electron chi connectivity index (χ1n) is 2.05. The van der Waals surface area contributed by atoms with Crippen LogP contribution in [0.15, 0.2) is 0 Å². The first-order valence-corrected chi connectivity index (χ1v) is 5.45. The van der Waals surface area contributed by atoms with Crippen LogP contribution in [-0.4, -0.2) is 15.3 Å². The van der Waals surface area contributed by atoms with Crippen LogP contribution in [0, 0.1) is 73.8 Å². The van der Waals surface area contributed by atoms with Gasteiger partial charge in [-0.3, -0.25) is 0 Å². The van der Waals surface area contributed by atoms with E-state index in [4.69, 9.17) is 50.4 Å². The standard InChI is InChI=1S/K.3NO3.2O.U/c;3*2-1(3)4;;;/q+1;3*-1;;;+2. The Morgan fingerprint density at radius 3 is 0.625 bits per heavy atom. The summed E-state index contributed by atoms with van der Waals surface area (Å²) in [6.45, 7) is 0. The molecule has 0 amide bonds. The van der Waals surface area contributed by atoms with Crippen LogP contribution in [0.4, 0.5) is 0 Å². The molecule has 86 valence electrons. The van der Waals surface area contributed by atoms with E-state index in [1.165, 1.54) is 0 Å². The van der Waals surface area contributed by atoms with Crippen molar-refractivity contribution < 1.29 is 98.9 Å². The van der Waals surface area contributed by atoms with Gasteiger partial charge in [-0.15, -0.1) is 0 Å². The molecule has 0 atom stereocenters. The molecular formula is KN3O11U. The van der Waals surface area contributed by atoms with Gasteiger partial charge in [0, 0.05) is 0 Å². The van der Waals surface area contributed by atoms with Crippen LogP contribution in [0.3, 0.4) is 0 Å². The number of nitrogens with zero attached hydrogens (tertiary/aromatic N) is 3. The van der Waals surface area contributed by atoms with E-state index in [0.717, 1.165) is 0 Å². The Hall–Kier alpha value is -0.112. The topological polar surface area (TPSA) is 233 Å². The number of hydrogen-bond acceptors (Lipinski definition) is 11. The average Bonchev–Trinajstić information content (AvgIpc) is 1.81. The van der Waals surface area contributed by atoms with Crippen molar-refractivity contribution in [1.82, 2.24) is 0 Å². The summed E-state index contributed by atoms with van der Waals surface area (Å²) in [7, 11) is 0. The van der Waals surface area contributed by atoms with Crippen LogP contribution < -0.4 is 51.4 Å². The zero-order valence-electron chi connectivity index (χ0n) is 7.33. The van der Waals surface area contributed by atoms with Crippen molar-refractivity contribution in [3.05, 3.63) is 46.0 Å². The third-order valence-electron chi connectivity index (χ3n) is 0. The molecule has 0 saturated heterocycles. The summed E-state index contributed by atoms with van der Waals surface area (Å²) in [6.07, 6.45) is 0.